The minimum atomic E-state index is -0.579. The Morgan fingerprint density at radius 1 is 1.29 bits per heavy atom. The number of pyridine rings is 1. The maximum atomic E-state index is 12.0. The fourth-order valence-electron chi connectivity index (χ4n) is 1.44. The number of carbonyl (C=O) groups excluding carboxylic acids is 2. The highest BCUT2D eigenvalue weighted by molar-refractivity contribution is 7.17. The maximum Gasteiger partial charge on any atom is 0.260 e. The van der Waals surface area contributed by atoms with Crippen LogP contribution >= 0.6 is 11.3 Å². The highest BCUT2D eigenvalue weighted by atomic mass is 32.1. The SMILES string of the molecule is CC(C)Oc1ccc(C(=O)Nc2ncc(C(N)=O)s2)cn1. The molecule has 0 radical (unpaired) electrons. The molecule has 0 fully saturated rings. The van der Waals surface area contributed by atoms with Crippen LogP contribution in [0.1, 0.15) is 33.9 Å². The van der Waals surface area contributed by atoms with Crippen LogP contribution in [0.15, 0.2) is 24.5 Å². The van der Waals surface area contributed by atoms with Crippen molar-refractivity contribution in [2.45, 2.75) is 20.0 Å². The number of nitrogens with two attached hydrogens (primary N) is 1. The number of nitrogens with one attached hydrogen (secondary N) is 1. The van der Waals surface area contributed by atoms with Crippen molar-refractivity contribution in [2.24, 2.45) is 5.73 Å². The van der Waals surface area contributed by atoms with E-state index in [1.165, 1.54) is 12.4 Å². The molecule has 2 rings (SSSR count). The van der Waals surface area contributed by atoms with Crippen molar-refractivity contribution >= 4 is 28.3 Å². The van der Waals surface area contributed by atoms with Gasteiger partial charge in [0.25, 0.3) is 11.8 Å². The van der Waals surface area contributed by atoms with Gasteiger partial charge in [-0.3, -0.25) is 14.9 Å². The smallest absolute Gasteiger partial charge is 0.260 e. The molecular formula is C13H14N4O3S. The second-order valence-electron chi connectivity index (χ2n) is 4.40. The van der Waals surface area contributed by atoms with E-state index in [4.69, 9.17) is 10.5 Å². The molecule has 2 heterocycles. The van der Waals surface area contributed by atoms with Crippen LogP contribution < -0.4 is 15.8 Å². The van der Waals surface area contributed by atoms with Gasteiger partial charge in [-0.15, -0.1) is 0 Å². The van der Waals surface area contributed by atoms with Gasteiger partial charge in [0, 0.05) is 12.3 Å². The minimum absolute atomic E-state index is 0.0136. The van der Waals surface area contributed by atoms with Crippen molar-refractivity contribution in [1.29, 1.82) is 0 Å². The molecule has 8 heteroatoms. The molecule has 110 valence electrons. The van der Waals surface area contributed by atoms with Crippen molar-refractivity contribution in [3.8, 4) is 5.88 Å². The molecule has 0 unspecified atom stereocenters. The Bertz CT molecular complexity index is 652. The molecule has 2 amide bonds. The van der Waals surface area contributed by atoms with Gasteiger partial charge in [0.1, 0.15) is 4.88 Å². The average molecular weight is 306 g/mol. The molecule has 0 aromatic carbocycles. The van der Waals surface area contributed by atoms with Crippen molar-refractivity contribution < 1.29 is 14.3 Å². The molecule has 2 aromatic heterocycles. The number of ether oxygens (including phenoxy) is 1. The van der Waals surface area contributed by atoms with E-state index < -0.39 is 5.91 Å². The van der Waals surface area contributed by atoms with Crippen molar-refractivity contribution in [3.05, 3.63) is 35.0 Å². The van der Waals surface area contributed by atoms with Gasteiger partial charge in [0.15, 0.2) is 5.13 Å². The molecule has 0 aliphatic rings. The monoisotopic (exact) mass is 306 g/mol. The average Bonchev–Trinajstić information content (AvgIpc) is 2.87. The molecule has 0 atom stereocenters. The van der Waals surface area contributed by atoms with E-state index in [0.29, 0.717) is 16.6 Å². The minimum Gasteiger partial charge on any atom is -0.475 e. The number of primary amides is 1. The summed E-state index contributed by atoms with van der Waals surface area (Å²) in [6.07, 6.45) is 2.75. The number of amides is 2. The van der Waals surface area contributed by atoms with Crippen LogP contribution in [0.3, 0.4) is 0 Å². The fraction of sp³-hybridized carbons (Fsp3) is 0.231. The van der Waals surface area contributed by atoms with Crippen LogP contribution in [0.4, 0.5) is 5.13 Å². The standard InChI is InChI=1S/C13H14N4O3S/c1-7(2)20-10-4-3-8(5-15-10)12(19)17-13-16-6-9(21-13)11(14)18/h3-7H,1-2H3,(H2,14,18)(H,16,17,19). The number of hydrogen-bond donors (Lipinski definition) is 2. The molecule has 0 spiro atoms. The van der Waals surface area contributed by atoms with E-state index in [0.717, 1.165) is 11.3 Å². The quantitative estimate of drug-likeness (QED) is 0.873. The maximum absolute atomic E-state index is 12.0. The Labute approximate surface area is 125 Å². The number of carbonyl (C=O) groups is 2. The lowest BCUT2D eigenvalue weighted by Crippen LogP contribution is -2.12. The third-order valence-electron chi connectivity index (χ3n) is 2.32. The van der Waals surface area contributed by atoms with Crippen LogP contribution in [0.25, 0.3) is 0 Å². The van der Waals surface area contributed by atoms with Crippen molar-refractivity contribution in [1.82, 2.24) is 9.97 Å². The summed E-state index contributed by atoms with van der Waals surface area (Å²) >= 11 is 1.01. The second kappa shape index (κ2) is 6.31. The van der Waals surface area contributed by atoms with Crippen LogP contribution in [-0.4, -0.2) is 27.9 Å². The first-order valence-electron chi connectivity index (χ1n) is 6.15. The van der Waals surface area contributed by atoms with Gasteiger partial charge in [-0.05, 0) is 19.9 Å². The summed E-state index contributed by atoms with van der Waals surface area (Å²) in [7, 11) is 0. The van der Waals surface area contributed by atoms with Crippen LogP contribution in [0.2, 0.25) is 0 Å². The van der Waals surface area contributed by atoms with E-state index >= 15 is 0 Å². The Balaban J connectivity index is 2.04. The molecular weight excluding hydrogens is 292 g/mol. The normalized spacial score (nSPS) is 10.4. The van der Waals surface area contributed by atoms with E-state index in [2.05, 4.69) is 15.3 Å². The van der Waals surface area contributed by atoms with Gasteiger partial charge in [-0.1, -0.05) is 11.3 Å². The second-order valence-corrected chi connectivity index (χ2v) is 5.43. The third kappa shape index (κ3) is 3.99. The Kier molecular flexibility index (Phi) is 4.49. The summed E-state index contributed by atoms with van der Waals surface area (Å²) in [4.78, 5) is 31.2. The lowest BCUT2D eigenvalue weighted by atomic mass is 10.3. The lowest BCUT2D eigenvalue weighted by Gasteiger charge is -2.08. The molecule has 2 aromatic rings. The summed E-state index contributed by atoms with van der Waals surface area (Å²) in [5.41, 5.74) is 5.48. The summed E-state index contributed by atoms with van der Waals surface area (Å²) in [5, 5.41) is 2.88. The molecule has 21 heavy (non-hydrogen) atoms. The number of nitrogens with zero attached hydrogens (tertiary/aromatic N) is 2. The van der Waals surface area contributed by atoms with Crippen LogP contribution in [-0.2, 0) is 0 Å². The van der Waals surface area contributed by atoms with Gasteiger partial charge in [-0.2, -0.15) is 0 Å². The van der Waals surface area contributed by atoms with E-state index in [-0.39, 0.29) is 16.9 Å². The zero-order valence-electron chi connectivity index (χ0n) is 11.5. The molecule has 0 aliphatic heterocycles. The largest absolute Gasteiger partial charge is 0.475 e. The number of aromatic nitrogens is 2. The molecule has 0 saturated heterocycles. The van der Waals surface area contributed by atoms with E-state index in [1.807, 2.05) is 13.8 Å². The van der Waals surface area contributed by atoms with Gasteiger partial charge < -0.3 is 10.5 Å². The zero-order valence-corrected chi connectivity index (χ0v) is 12.3. The van der Waals surface area contributed by atoms with E-state index in [1.54, 1.807) is 12.1 Å². The highest BCUT2D eigenvalue weighted by Crippen LogP contribution is 2.18. The fourth-order valence-corrected chi connectivity index (χ4v) is 2.10. The third-order valence-corrected chi connectivity index (χ3v) is 3.25. The van der Waals surface area contributed by atoms with Crippen LogP contribution in [0, 0.1) is 0 Å². The number of hydrogen-bond acceptors (Lipinski definition) is 6. The Morgan fingerprint density at radius 2 is 2.05 bits per heavy atom. The van der Waals surface area contributed by atoms with Gasteiger partial charge in [-0.25, -0.2) is 9.97 Å². The van der Waals surface area contributed by atoms with Crippen molar-refractivity contribution in [2.75, 3.05) is 5.32 Å². The first kappa shape index (κ1) is 14.9. The number of anilines is 1. The summed E-state index contributed by atoms with van der Waals surface area (Å²) in [6, 6.07) is 3.22. The molecule has 0 saturated carbocycles. The predicted octanol–water partition coefficient (Wildman–Crippen LogP) is 1.68. The predicted molar refractivity (Wildman–Crippen MR) is 78.6 cm³/mol. The number of thiazole rings is 1. The Hall–Kier alpha value is -2.48. The topological polar surface area (TPSA) is 107 Å². The zero-order chi connectivity index (χ0) is 15.4. The first-order valence-corrected chi connectivity index (χ1v) is 6.97. The molecule has 0 bridgehead atoms. The van der Waals surface area contributed by atoms with Gasteiger partial charge in [0.2, 0.25) is 5.88 Å². The molecule has 3 N–H and O–H groups in total. The van der Waals surface area contributed by atoms with Crippen molar-refractivity contribution in [3.63, 3.8) is 0 Å². The van der Waals surface area contributed by atoms with Crippen LogP contribution in [0.5, 0.6) is 5.88 Å². The molecule has 7 nitrogen and oxygen atoms in total. The van der Waals surface area contributed by atoms with E-state index in [9.17, 15) is 9.59 Å². The first-order chi connectivity index (χ1) is 9.95. The summed E-state index contributed by atoms with van der Waals surface area (Å²) in [6.45, 7) is 3.78. The molecule has 0 aliphatic carbocycles. The lowest BCUT2D eigenvalue weighted by molar-refractivity contribution is 0.100. The number of rotatable bonds is 5. The summed E-state index contributed by atoms with van der Waals surface area (Å²) < 4.78 is 5.39. The summed E-state index contributed by atoms with van der Waals surface area (Å²) in [5.74, 6) is -0.499. The van der Waals surface area contributed by atoms with Gasteiger partial charge in [0.05, 0.1) is 17.9 Å². The Morgan fingerprint density at radius 3 is 2.57 bits per heavy atom. The highest BCUT2D eigenvalue weighted by Gasteiger charge is 2.12. The van der Waals surface area contributed by atoms with Gasteiger partial charge >= 0.3 is 0 Å².